The minimum absolute atomic E-state index is 0.0606. The first-order chi connectivity index (χ1) is 13.8. The van der Waals surface area contributed by atoms with Crippen LogP contribution in [0.4, 0.5) is 0 Å². The molecule has 6 nitrogen and oxygen atoms in total. The van der Waals surface area contributed by atoms with Crippen molar-refractivity contribution >= 4 is 16.9 Å². The summed E-state index contributed by atoms with van der Waals surface area (Å²) in [7, 11) is 0. The number of nitrogens with zero attached hydrogens (tertiary/aromatic N) is 4. The lowest BCUT2D eigenvalue weighted by molar-refractivity contribution is -0.0752. The van der Waals surface area contributed by atoms with E-state index in [0.717, 1.165) is 30.3 Å². The Bertz CT molecular complexity index is 983. The highest BCUT2D eigenvalue weighted by atomic mass is 16.5. The zero-order valence-electron chi connectivity index (χ0n) is 15.8. The molecule has 3 heterocycles. The standard InChI is InChI=1S/C22H24N4O2/c27-22(25-10-11-28-20-9-5-4-8-19(20)25)18-12-17-14-24-26(21(17)23-13-18)15-16-6-2-1-3-7-16/h1-3,6-7,12-14,19-20H,4-5,8-11,15H2. The van der Waals surface area contributed by atoms with E-state index in [0.29, 0.717) is 25.3 Å². The summed E-state index contributed by atoms with van der Waals surface area (Å²) in [6, 6.07) is 12.3. The summed E-state index contributed by atoms with van der Waals surface area (Å²) in [5.74, 6) is 0.0606. The monoisotopic (exact) mass is 376 g/mol. The molecule has 1 saturated carbocycles. The third-order valence-electron chi connectivity index (χ3n) is 5.89. The molecule has 3 aromatic rings. The molecule has 5 rings (SSSR count). The minimum Gasteiger partial charge on any atom is -0.374 e. The van der Waals surface area contributed by atoms with Crippen molar-refractivity contribution in [3.63, 3.8) is 0 Å². The molecule has 2 fully saturated rings. The summed E-state index contributed by atoms with van der Waals surface area (Å²) >= 11 is 0. The quantitative estimate of drug-likeness (QED) is 0.704. The summed E-state index contributed by atoms with van der Waals surface area (Å²) < 4.78 is 7.79. The predicted molar refractivity (Wildman–Crippen MR) is 106 cm³/mol. The number of rotatable bonds is 3. The van der Waals surface area contributed by atoms with Crippen LogP contribution in [-0.2, 0) is 11.3 Å². The van der Waals surface area contributed by atoms with E-state index >= 15 is 0 Å². The Morgan fingerprint density at radius 3 is 2.89 bits per heavy atom. The van der Waals surface area contributed by atoms with Crippen LogP contribution in [0.1, 0.15) is 41.6 Å². The first-order valence-corrected chi connectivity index (χ1v) is 10.1. The molecule has 144 valence electrons. The molecule has 28 heavy (non-hydrogen) atoms. The van der Waals surface area contributed by atoms with Crippen molar-refractivity contribution in [2.45, 2.75) is 44.4 Å². The summed E-state index contributed by atoms with van der Waals surface area (Å²) in [6.07, 6.45) is 8.12. The zero-order valence-corrected chi connectivity index (χ0v) is 15.8. The van der Waals surface area contributed by atoms with Crippen LogP contribution in [0.2, 0.25) is 0 Å². The van der Waals surface area contributed by atoms with Gasteiger partial charge < -0.3 is 9.64 Å². The van der Waals surface area contributed by atoms with E-state index in [1.54, 1.807) is 12.4 Å². The number of pyridine rings is 1. The third-order valence-corrected chi connectivity index (χ3v) is 5.89. The molecule has 1 saturated heterocycles. The van der Waals surface area contributed by atoms with E-state index in [1.165, 1.54) is 12.0 Å². The SMILES string of the molecule is O=C(c1cnc2c(cnn2Cc2ccccc2)c1)N1CCOC2CCCCC21. The Labute approximate surface area is 164 Å². The molecule has 0 bridgehead atoms. The molecule has 6 heteroatoms. The van der Waals surface area contributed by atoms with Crippen molar-refractivity contribution in [2.24, 2.45) is 0 Å². The largest absolute Gasteiger partial charge is 0.374 e. The molecule has 1 aliphatic carbocycles. The van der Waals surface area contributed by atoms with Crippen molar-refractivity contribution in [3.05, 3.63) is 59.9 Å². The van der Waals surface area contributed by atoms with Crippen LogP contribution in [0.5, 0.6) is 0 Å². The number of hydrogen-bond acceptors (Lipinski definition) is 4. The van der Waals surface area contributed by atoms with Gasteiger partial charge in [-0.15, -0.1) is 0 Å². The van der Waals surface area contributed by atoms with E-state index in [9.17, 15) is 4.79 Å². The normalized spacial score (nSPS) is 22.2. The van der Waals surface area contributed by atoms with E-state index < -0.39 is 0 Å². The number of hydrogen-bond donors (Lipinski definition) is 0. The zero-order chi connectivity index (χ0) is 18.9. The number of ether oxygens (including phenoxy) is 1. The van der Waals surface area contributed by atoms with Crippen molar-refractivity contribution in [1.29, 1.82) is 0 Å². The molecule has 2 unspecified atom stereocenters. The molecule has 1 aromatic carbocycles. The van der Waals surface area contributed by atoms with Crippen molar-refractivity contribution in [3.8, 4) is 0 Å². The molecule has 2 aliphatic rings. The van der Waals surface area contributed by atoms with Crippen LogP contribution in [0.25, 0.3) is 11.0 Å². The number of morpholine rings is 1. The van der Waals surface area contributed by atoms with E-state index in [1.807, 2.05) is 33.8 Å². The smallest absolute Gasteiger partial charge is 0.255 e. The van der Waals surface area contributed by atoms with E-state index in [4.69, 9.17) is 4.74 Å². The Hall–Kier alpha value is -2.73. The first kappa shape index (κ1) is 17.4. The molecule has 1 aliphatic heterocycles. The number of carbonyl (C=O) groups is 1. The molecule has 0 radical (unpaired) electrons. The summed E-state index contributed by atoms with van der Waals surface area (Å²) in [4.78, 5) is 19.8. The van der Waals surface area contributed by atoms with Crippen LogP contribution in [0.15, 0.2) is 48.8 Å². The van der Waals surface area contributed by atoms with Crippen LogP contribution in [0.3, 0.4) is 0 Å². The number of aromatic nitrogens is 3. The van der Waals surface area contributed by atoms with Gasteiger partial charge in [0.2, 0.25) is 0 Å². The van der Waals surface area contributed by atoms with Gasteiger partial charge in [0.1, 0.15) is 0 Å². The summed E-state index contributed by atoms with van der Waals surface area (Å²) in [5.41, 5.74) is 2.61. The van der Waals surface area contributed by atoms with Crippen LogP contribution in [-0.4, -0.2) is 50.9 Å². The van der Waals surface area contributed by atoms with Gasteiger partial charge in [-0.1, -0.05) is 43.2 Å². The fraction of sp³-hybridized carbons (Fsp3) is 0.409. The number of carbonyl (C=O) groups excluding carboxylic acids is 1. The fourth-order valence-electron chi connectivity index (χ4n) is 4.48. The Morgan fingerprint density at radius 2 is 2.00 bits per heavy atom. The van der Waals surface area contributed by atoms with E-state index in [2.05, 4.69) is 22.2 Å². The van der Waals surface area contributed by atoms with Gasteiger partial charge in [-0.05, 0) is 24.5 Å². The molecule has 1 amide bonds. The second-order valence-corrected chi connectivity index (χ2v) is 7.68. The molecule has 0 spiro atoms. The highest BCUT2D eigenvalue weighted by Crippen LogP contribution is 2.29. The van der Waals surface area contributed by atoms with Gasteiger partial charge in [0, 0.05) is 18.1 Å². The van der Waals surface area contributed by atoms with Crippen LogP contribution >= 0.6 is 0 Å². The van der Waals surface area contributed by atoms with Gasteiger partial charge in [-0.2, -0.15) is 5.10 Å². The molecule has 2 aromatic heterocycles. The minimum atomic E-state index is 0.0606. The van der Waals surface area contributed by atoms with Crippen molar-refractivity contribution in [1.82, 2.24) is 19.7 Å². The maximum Gasteiger partial charge on any atom is 0.255 e. The number of benzene rings is 1. The molecular formula is C22H24N4O2. The van der Waals surface area contributed by atoms with Crippen molar-refractivity contribution < 1.29 is 9.53 Å². The summed E-state index contributed by atoms with van der Waals surface area (Å²) in [6.45, 7) is 1.95. The fourth-order valence-corrected chi connectivity index (χ4v) is 4.48. The Morgan fingerprint density at radius 1 is 1.14 bits per heavy atom. The average Bonchev–Trinajstić information content (AvgIpc) is 3.15. The first-order valence-electron chi connectivity index (χ1n) is 10.1. The predicted octanol–water partition coefficient (Wildman–Crippen LogP) is 3.26. The summed E-state index contributed by atoms with van der Waals surface area (Å²) in [5, 5.41) is 5.38. The van der Waals surface area contributed by atoms with Gasteiger partial charge in [0.05, 0.1) is 37.1 Å². The van der Waals surface area contributed by atoms with Crippen LogP contribution in [0, 0.1) is 0 Å². The topological polar surface area (TPSA) is 60.2 Å². The second-order valence-electron chi connectivity index (χ2n) is 7.68. The maximum absolute atomic E-state index is 13.2. The number of amides is 1. The Balaban J connectivity index is 1.40. The highest BCUT2D eigenvalue weighted by Gasteiger charge is 2.37. The molecule has 0 N–H and O–H groups in total. The van der Waals surface area contributed by atoms with Gasteiger partial charge in [-0.25, -0.2) is 9.67 Å². The second kappa shape index (κ2) is 7.36. The Kier molecular flexibility index (Phi) is 4.56. The van der Waals surface area contributed by atoms with Gasteiger partial charge in [0.15, 0.2) is 5.65 Å². The lowest BCUT2D eigenvalue weighted by atomic mass is 9.90. The van der Waals surface area contributed by atoms with Crippen LogP contribution < -0.4 is 0 Å². The van der Waals surface area contributed by atoms with Crippen molar-refractivity contribution in [2.75, 3.05) is 13.2 Å². The molecule has 2 atom stereocenters. The molecular weight excluding hydrogens is 352 g/mol. The maximum atomic E-state index is 13.2. The van der Waals surface area contributed by atoms with E-state index in [-0.39, 0.29) is 18.1 Å². The number of fused-ring (bicyclic) bond motifs is 2. The van der Waals surface area contributed by atoms with Gasteiger partial charge in [-0.3, -0.25) is 4.79 Å². The van der Waals surface area contributed by atoms with Gasteiger partial charge >= 0.3 is 0 Å². The van der Waals surface area contributed by atoms with Gasteiger partial charge in [0.25, 0.3) is 5.91 Å². The lowest BCUT2D eigenvalue weighted by Gasteiger charge is -2.43. The lowest BCUT2D eigenvalue weighted by Crippen LogP contribution is -2.54. The highest BCUT2D eigenvalue weighted by molar-refractivity contribution is 5.97. The average molecular weight is 376 g/mol. The third kappa shape index (κ3) is 3.18.